The number of hydrogen-bond donors (Lipinski definition) is 1. The van der Waals surface area contributed by atoms with Gasteiger partial charge >= 0.3 is 5.97 Å². The summed E-state index contributed by atoms with van der Waals surface area (Å²) in [5, 5.41) is 17.4. The smallest absolute Gasteiger partial charge is 0.304 e. The van der Waals surface area contributed by atoms with Crippen LogP contribution in [0.4, 0.5) is 0 Å². The van der Waals surface area contributed by atoms with Crippen molar-refractivity contribution in [2.24, 2.45) is 5.92 Å². The molecule has 1 rings (SSSR count). The molecule has 0 amide bonds. The van der Waals surface area contributed by atoms with Gasteiger partial charge in [-0.3, -0.25) is 4.79 Å². The minimum Gasteiger partial charge on any atom is -0.481 e. The standard InChI is InChI=1S/C12H11NO3/c13-7-11-4-2-1-3-10(11)5-9(8-14)6-12(15)16/h1-4,8-9H,5-6H2,(H,15,16). The van der Waals surface area contributed by atoms with Crippen molar-refractivity contribution >= 4 is 12.3 Å². The molecule has 1 aromatic rings. The Morgan fingerprint density at radius 2 is 2.19 bits per heavy atom. The van der Waals surface area contributed by atoms with Gasteiger partial charge in [0.1, 0.15) is 6.29 Å². The summed E-state index contributed by atoms with van der Waals surface area (Å²) in [6, 6.07) is 8.89. The lowest BCUT2D eigenvalue weighted by Crippen LogP contribution is -2.12. The molecule has 82 valence electrons. The van der Waals surface area contributed by atoms with Crippen LogP contribution >= 0.6 is 0 Å². The topological polar surface area (TPSA) is 78.2 Å². The van der Waals surface area contributed by atoms with Gasteiger partial charge in [-0.15, -0.1) is 0 Å². The molecule has 1 unspecified atom stereocenters. The van der Waals surface area contributed by atoms with E-state index in [0.29, 0.717) is 23.8 Å². The van der Waals surface area contributed by atoms with Crippen LogP contribution in [0.2, 0.25) is 0 Å². The number of nitriles is 1. The lowest BCUT2D eigenvalue weighted by Gasteiger charge is -2.08. The van der Waals surface area contributed by atoms with Gasteiger partial charge in [0.25, 0.3) is 0 Å². The van der Waals surface area contributed by atoms with Crippen molar-refractivity contribution in [1.82, 2.24) is 0 Å². The summed E-state index contributed by atoms with van der Waals surface area (Å²) < 4.78 is 0. The Balaban J connectivity index is 2.82. The Hall–Kier alpha value is -2.15. The first-order valence-corrected chi connectivity index (χ1v) is 4.82. The van der Waals surface area contributed by atoms with Gasteiger partial charge in [0, 0.05) is 5.92 Å². The molecule has 0 radical (unpaired) electrons. The van der Waals surface area contributed by atoms with E-state index in [2.05, 4.69) is 0 Å². The summed E-state index contributed by atoms with van der Waals surface area (Å²) in [7, 11) is 0. The first kappa shape index (κ1) is 11.9. The molecule has 0 heterocycles. The fraction of sp³-hybridized carbons (Fsp3) is 0.250. The van der Waals surface area contributed by atoms with Gasteiger partial charge in [-0.2, -0.15) is 5.26 Å². The van der Waals surface area contributed by atoms with E-state index in [1.165, 1.54) is 0 Å². The summed E-state index contributed by atoms with van der Waals surface area (Å²) >= 11 is 0. The second kappa shape index (κ2) is 5.66. The molecule has 1 atom stereocenters. The molecule has 4 nitrogen and oxygen atoms in total. The Morgan fingerprint density at radius 1 is 1.50 bits per heavy atom. The highest BCUT2D eigenvalue weighted by Crippen LogP contribution is 2.14. The van der Waals surface area contributed by atoms with Crippen molar-refractivity contribution in [3.63, 3.8) is 0 Å². The fourth-order valence-electron chi connectivity index (χ4n) is 1.48. The maximum absolute atomic E-state index is 10.7. The Labute approximate surface area is 93.1 Å². The quantitative estimate of drug-likeness (QED) is 0.756. The summed E-state index contributed by atoms with van der Waals surface area (Å²) in [6.45, 7) is 0. The van der Waals surface area contributed by atoms with Crippen molar-refractivity contribution in [2.75, 3.05) is 0 Å². The summed E-state index contributed by atoms with van der Waals surface area (Å²) in [4.78, 5) is 21.2. The Kier molecular flexibility index (Phi) is 4.22. The monoisotopic (exact) mass is 217 g/mol. The molecule has 0 spiro atoms. The van der Waals surface area contributed by atoms with Crippen LogP contribution in [0.1, 0.15) is 17.5 Å². The number of rotatable bonds is 5. The maximum atomic E-state index is 10.7. The van der Waals surface area contributed by atoms with Crippen molar-refractivity contribution in [1.29, 1.82) is 5.26 Å². The van der Waals surface area contributed by atoms with E-state index >= 15 is 0 Å². The molecule has 0 aliphatic heterocycles. The predicted octanol–water partition coefficient (Wildman–Crippen LogP) is 1.39. The first-order valence-electron chi connectivity index (χ1n) is 4.82. The molecule has 0 saturated carbocycles. The van der Waals surface area contributed by atoms with Crippen LogP contribution in [-0.2, 0) is 16.0 Å². The highest BCUT2D eigenvalue weighted by atomic mass is 16.4. The third-order valence-electron chi connectivity index (χ3n) is 2.25. The van der Waals surface area contributed by atoms with Gasteiger partial charge in [-0.05, 0) is 18.1 Å². The normalized spacial score (nSPS) is 11.4. The van der Waals surface area contributed by atoms with Gasteiger partial charge in [-0.1, -0.05) is 18.2 Å². The van der Waals surface area contributed by atoms with E-state index in [1.54, 1.807) is 24.3 Å². The number of nitrogens with zero attached hydrogens (tertiary/aromatic N) is 1. The van der Waals surface area contributed by atoms with Gasteiger partial charge in [-0.25, -0.2) is 0 Å². The average Bonchev–Trinajstić information content (AvgIpc) is 2.28. The zero-order chi connectivity index (χ0) is 12.0. The third kappa shape index (κ3) is 3.21. The second-order valence-electron chi connectivity index (χ2n) is 3.47. The van der Waals surface area contributed by atoms with E-state index in [-0.39, 0.29) is 6.42 Å². The zero-order valence-corrected chi connectivity index (χ0v) is 8.59. The van der Waals surface area contributed by atoms with Crippen LogP contribution in [0.5, 0.6) is 0 Å². The average molecular weight is 217 g/mol. The van der Waals surface area contributed by atoms with Crippen LogP contribution in [0.25, 0.3) is 0 Å². The van der Waals surface area contributed by atoms with Crippen LogP contribution < -0.4 is 0 Å². The molecule has 0 aromatic heterocycles. The largest absolute Gasteiger partial charge is 0.481 e. The Morgan fingerprint density at radius 3 is 2.75 bits per heavy atom. The molecule has 0 aliphatic carbocycles. The molecule has 0 bridgehead atoms. The molecule has 16 heavy (non-hydrogen) atoms. The van der Waals surface area contributed by atoms with Gasteiger partial charge in [0.2, 0.25) is 0 Å². The third-order valence-corrected chi connectivity index (χ3v) is 2.25. The minimum absolute atomic E-state index is 0.205. The molecule has 0 fully saturated rings. The van der Waals surface area contributed by atoms with Crippen molar-refractivity contribution < 1.29 is 14.7 Å². The summed E-state index contributed by atoms with van der Waals surface area (Å²) in [6.07, 6.45) is 0.713. The van der Waals surface area contributed by atoms with Crippen molar-refractivity contribution in [3.05, 3.63) is 35.4 Å². The highest BCUT2D eigenvalue weighted by Gasteiger charge is 2.14. The number of benzene rings is 1. The second-order valence-corrected chi connectivity index (χ2v) is 3.47. The van der Waals surface area contributed by atoms with Gasteiger partial charge in [0.15, 0.2) is 0 Å². The fourth-order valence-corrected chi connectivity index (χ4v) is 1.48. The molecule has 0 aliphatic rings. The number of carbonyl (C=O) groups excluding carboxylic acids is 1. The van der Waals surface area contributed by atoms with Crippen molar-refractivity contribution in [2.45, 2.75) is 12.8 Å². The lowest BCUT2D eigenvalue weighted by atomic mass is 9.95. The number of carboxylic acid groups (broad SMARTS) is 1. The lowest BCUT2D eigenvalue weighted by molar-refractivity contribution is -0.139. The molecule has 1 aromatic carbocycles. The number of aldehydes is 1. The van der Waals surface area contributed by atoms with Gasteiger partial charge in [0.05, 0.1) is 18.1 Å². The number of hydrogen-bond acceptors (Lipinski definition) is 3. The first-order chi connectivity index (χ1) is 7.67. The number of carboxylic acids is 1. The molecular weight excluding hydrogens is 206 g/mol. The van der Waals surface area contributed by atoms with E-state index in [1.807, 2.05) is 6.07 Å². The zero-order valence-electron chi connectivity index (χ0n) is 8.59. The van der Waals surface area contributed by atoms with E-state index < -0.39 is 11.9 Å². The Bertz CT molecular complexity index is 434. The predicted molar refractivity (Wildman–Crippen MR) is 56.7 cm³/mol. The SMILES string of the molecule is N#Cc1ccccc1CC(C=O)CC(=O)O. The van der Waals surface area contributed by atoms with E-state index in [0.717, 1.165) is 0 Å². The molecule has 4 heteroatoms. The van der Waals surface area contributed by atoms with Crippen molar-refractivity contribution in [3.8, 4) is 6.07 Å². The summed E-state index contributed by atoms with van der Waals surface area (Å²) in [5.74, 6) is -1.58. The number of aliphatic carboxylic acids is 1. The van der Waals surface area contributed by atoms with Crippen LogP contribution in [-0.4, -0.2) is 17.4 Å². The van der Waals surface area contributed by atoms with Crippen LogP contribution in [0.3, 0.4) is 0 Å². The minimum atomic E-state index is -1.01. The van der Waals surface area contributed by atoms with Gasteiger partial charge < -0.3 is 9.90 Å². The summed E-state index contributed by atoms with van der Waals surface area (Å²) in [5.41, 5.74) is 1.20. The van der Waals surface area contributed by atoms with E-state index in [4.69, 9.17) is 10.4 Å². The molecular formula is C12H11NO3. The molecule has 1 N–H and O–H groups in total. The van der Waals surface area contributed by atoms with Crippen LogP contribution in [0, 0.1) is 17.2 Å². The molecule has 0 saturated heterocycles. The number of carbonyl (C=O) groups is 2. The highest BCUT2D eigenvalue weighted by molar-refractivity contribution is 5.72. The maximum Gasteiger partial charge on any atom is 0.304 e. The van der Waals surface area contributed by atoms with E-state index in [9.17, 15) is 9.59 Å². The van der Waals surface area contributed by atoms with Crippen LogP contribution in [0.15, 0.2) is 24.3 Å².